The van der Waals surface area contributed by atoms with Gasteiger partial charge in [-0.1, -0.05) is 85.6 Å². The first kappa shape index (κ1) is 22.3. The Morgan fingerprint density at radius 1 is 0.969 bits per heavy atom. The van der Waals surface area contributed by atoms with Crippen LogP contribution in [0.3, 0.4) is 0 Å². The summed E-state index contributed by atoms with van der Waals surface area (Å²) in [6.07, 6.45) is 5.00. The van der Waals surface area contributed by atoms with Gasteiger partial charge in [-0.05, 0) is 60.9 Å². The molecule has 2 atom stereocenters. The van der Waals surface area contributed by atoms with Crippen molar-refractivity contribution in [3.63, 3.8) is 0 Å². The minimum Gasteiger partial charge on any atom is -0.457 e. The molecule has 3 nitrogen and oxygen atoms in total. The van der Waals surface area contributed by atoms with Gasteiger partial charge in [0.25, 0.3) is 0 Å². The predicted molar refractivity (Wildman–Crippen MR) is 129 cm³/mol. The zero-order valence-electron chi connectivity index (χ0n) is 19.1. The van der Waals surface area contributed by atoms with Gasteiger partial charge in [-0.2, -0.15) is 0 Å². The van der Waals surface area contributed by atoms with Crippen molar-refractivity contribution in [1.82, 2.24) is 5.32 Å². The van der Waals surface area contributed by atoms with Gasteiger partial charge in [-0.25, -0.2) is 4.79 Å². The van der Waals surface area contributed by atoms with Crippen molar-refractivity contribution >= 4 is 5.97 Å². The zero-order chi connectivity index (χ0) is 22.3. The second-order valence-corrected chi connectivity index (χ2v) is 9.01. The molecule has 0 spiro atoms. The average Bonchev–Trinajstić information content (AvgIpc) is 3.66. The Hall–Kier alpha value is -2.91. The van der Waals surface area contributed by atoms with Crippen LogP contribution in [0.5, 0.6) is 0 Å². The summed E-state index contributed by atoms with van der Waals surface area (Å²) in [4.78, 5) is 12.9. The third-order valence-corrected chi connectivity index (χ3v) is 6.41. The number of rotatable bonds is 10. The lowest BCUT2D eigenvalue weighted by atomic mass is 9.95. The van der Waals surface area contributed by atoms with Crippen LogP contribution in [-0.2, 0) is 11.3 Å². The van der Waals surface area contributed by atoms with Crippen molar-refractivity contribution in [2.24, 2.45) is 5.92 Å². The molecule has 4 rings (SSSR count). The molecule has 0 heterocycles. The van der Waals surface area contributed by atoms with E-state index in [1.54, 1.807) is 0 Å². The van der Waals surface area contributed by atoms with E-state index in [0.717, 1.165) is 29.0 Å². The van der Waals surface area contributed by atoms with Gasteiger partial charge < -0.3 is 10.1 Å². The molecule has 3 aromatic carbocycles. The van der Waals surface area contributed by atoms with Gasteiger partial charge in [-0.3, -0.25) is 0 Å². The molecular formula is C29H33NO2. The fourth-order valence-electron chi connectivity index (χ4n) is 4.17. The highest BCUT2D eigenvalue weighted by Gasteiger charge is 2.25. The number of carbonyl (C=O) groups is 1. The molecule has 3 heteroatoms. The molecular weight excluding hydrogens is 394 g/mol. The maximum absolute atomic E-state index is 12.9. The van der Waals surface area contributed by atoms with Crippen LogP contribution in [0, 0.1) is 12.8 Å². The van der Waals surface area contributed by atoms with Gasteiger partial charge in [0, 0.05) is 12.1 Å². The van der Waals surface area contributed by atoms with Gasteiger partial charge >= 0.3 is 5.97 Å². The van der Waals surface area contributed by atoms with Crippen LogP contribution in [0.15, 0.2) is 78.9 Å². The summed E-state index contributed by atoms with van der Waals surface area (Å²) in [5, 5.41) is 3.82. The van der Waals surface area contributed by atoms with E-state index in [4.69, 9.17) is 4.74 Å². The summed E-state index contributed by atoms with van der Waals surface area (Å²) in [7, 11) is 0. The molecule has 1 aliphatic rings. The SMILES string of the molecule is Cc1ccc([C@H](CCC2CC2)N[C@@H](C)c2ccccc2)cc1C(=O)OCc1ccccc1. The van der Waals surface area contributed by atoms with Crippen molar-refractivity contribution in [1.29, 1.82) is 0 Å². The summed E-state index contributed by atoms with van der Waals surface area (Å²) < 4.78 is 5.63. The fourth-order valence-corrected chi connectivity index (χ4v) is 4.17. The number of nitrogens with one attached hydrogen (secondary N) is 1. The molecule has 3 aromatic rings. The molecule has 1 aliphatic carbocycles. The van der Waals surface area contributed by atoms with Gasteiger partial charge in [-0.15, -0.1) is 0 Å². The molecule has 1 N–H and O–H groups in total. The second kappa shape index (κ2) is 10.6. The number of hydrogen-bond donors (Lipinski definition) is 1. The largest absolute Gasteiger partial charge is 0.457 e. The van der Waals surface area contributed by atoms with Crippen LogP contribution >= 0.6 is 0 Å². The van der Waals surface area contributed by atoms with E-state index in [0.29, 0.717) is 5.56 Å². The van der Waals surface area contributed by atoms with E-state index in [1.165, 1.54) is 24.8 Å². The Morgan fingerprint density at radius 2 is 1.66 bits per heavy atom. The fraction of sp³-hybridized carbons (Fsp3) is 0.345. The summed E-state index contributed by atoms with van der Waals surface area (Å²) in [5.41, 5.74) is 5.03. The first-order valence-electron chi connectivity index (χ1n) is 11.7. The highest BCUT2D eigenvalue weighted by molar-refractivity contribution is 5.91. The number of hydrogen-bond acceptors (Lipinski definition) is 3. The Labute approximate surface area is 191 Å². The molecule has 1 saturated carbocycles. The number of aryl methyl sites for hydroxylation is 1. The monoisotopic (exact) mass is 427 g/mol. The molecule has 32 heavy (non-hydrogen) atoms. The molecule has 0 saturated heterocycles. The lowest BCUT2D eigenvalue weighted by Gasteiger charge is -2.25. The molecule has 0 aromatic heterocycles. The summed E-state index contributed by atoms with van der Waals surface area (Å²) in [6.45, 7) is 4.47. The molecule has 0 amide bonds. The van der Waals surface area contributed by atoms with E-state index in [2.05, 4.69) is 42.6 Å². The van der Waals surface area contributed by atoms with E-state index in [-0.39, 0.29) is 24.7 Å². The Morgan fingerprint density at radius 3 is 2.34 bits per heavy atom. The smallest absolute Gasteiger partial charge is 0.338 e. The Kier molecular flexibility index (Phi) is 7.39. The highest BCUT2D eigenvalue weighted by Crippen LogP contribution is 2.36. The zero-order valence-corrected chi connectivity index (χ0v) is 19.1. The molecule has 0 radical (unpaired) electrons. The molecule has 0 unspecified atom stereocenters. The summed E-state index contributed by atoms with van der Waals surface area (Å²) >= 11 is 0. The predicted octanol–water partition coefficient (Wildman–Crippen LogP) is 6.93. The Balaban J connectivity index is 1.50. The van der Waals surface area contributed by atoms with Crippen LogP contribution < -0.4 is 5.32 Å². The first-order valence-corrected chi connectivity index (χ1v) is 11.7. The van der Waals surface area contributed by atoms with Crippen LogP contribution in [-0.4, -0.2) is 5.97 Å². The summed E-state index contributed by atoms with van der Waals surface area (Å²) in [5.74, 6) is 0.609. The molecule has 0 aliphatic heterocycles. The van der Waals surface area contributed by atoms with Gasteiger partial charge in [0.15, 0.2) is 0 Å². The van der Waals surface area contributed by atoms with E-state index < -0.39 is 0 Å². The van der Waals surface area contributed by atoms with Crippen molar-refractivity contribution in [3.05, 3.63) is 107 Å². The summed E-state index contributed by atoms with van der Waals surface area (Å²) in [6, 6.07) is 27.0. The maximum atomic E-state index is 12.9. The highest BCUT2D eigenvalue weighted by atomic mass is 16.5. The minimum atomic E-state index is -0.259. The van der Waals surface area contributed by atoms with E-state index >= 15 is 0 Å². The van der Waals surface area contributed by atoms with Crippen molar-refractivity contribution in [2.75, 3.05) is 0 Å². The standard InChI is InChI=1S/C29H33NO2/c1-21-13-17-26(19-27(21)29(31)32-20-24-9-5-3-6-10-24)28(18-16-23-14-15-23)30-22(2)25-11-7-4-8-12-25/h3-13,17,19,22-23,28,30H,14-16,18,20H2,1-2H3/t22-,28-/m0/s1. The Bertz CT molecular complexity index is 1010. The minimum absolute atomic E-state index is 0.201. The maximum Gasteiger partial charge on any atom is 0.338 e. The quantitative estimate of drug-likeness (QED) is 0.356. The van der Waals surface area contributed by atoms with Crippen molar-refractivity contribution in [3.8, 4) is 0 Å². The van der Waals surface area contributed by atoms with Crippen LogP contribution in [0.25, 0.3) is 0 Å². The topological polar surface area (TPSA) is 38.3 Å². The number of carbonyl (C=O) groups excluding carboxylic acids is 1. The number of ether oxygens (including phenoxy) is 1. The van der Waals surface area contributed by atoms with Crippen LogP contribution in [0.2, 0.25) is 0 Å². The lowest BCUT2D eigenvalue weighted by molar-refractivity contribution is 0.0471. The third kappa shape index (κ3) is 6.08. The van der Waals surface area contributed by atoms with Gasteiger partial charge in [0.05, 0.1) is 5.56 Å². The van der Waals surface area contributed by atoms with Gasteiger partial charge in [0.2, 0.25) is 0 Å². The molecule has 166 valence electrons. The molecule has 1 fully saturated rings. The van der Waals surface area contributed by atoms with Crippen LogP contribution in [0.1, 0.15) is 77.3 Å². The normalized spacial score (nSPS) is 15.2. The van der Waals surface area contributed by atoms with E-state index in [9.17, 15) is 4.79 Å². The third-order valence-electron chi connectivity index (χ3n) is 6.41. The average molecular weight is 428 g/mol. The second-order valence-electron chi connectivity index (χ2n) is 9.01. The lowest BCUT2D eigenvalue weighted by Crippen LogP contribution is -2.25. The van der Waals surface area contributed by atoms with Crippen molar-refractivity contribution in [2.45, 2.75) is 58.2 Å². The van der Waals surface area contributed by atoms with Gasteiger partial charge in [0.1, 0.15) is 6.61 Å². The molecule has 0 bridgehead atoms. The number of benzene rings is 3. The van der Waals surface area contributed by atoms with Crippen LogP contribution in [0.4, 0.5) is 0 Å². The van der Waals surface area contributed by atoms with E-state index in [1.807, 2.05) is 55.5 Å². The number of esters is 1. The van der Waals surface area contributed by atoms with Crippen molar-refractivity contribution < 1.29 is 9.53 Å². The first-order chi connectivity index (χ1) is 15.6.